The zero-order valence-electron chi connectivity index (χ0n) is 9.69. The first-order valence-corrected chi connectivity index (χ1v) is 6.37. The molecule has 88 valence electrons. The van der Waals surface area contributed by atoms with E-state index in [-0.39, 0.29) is 0 Å². The minimum absolute atomic E-state index is 0.456. The number of aromatic nitrogens is 2. The molecule has 1 saturated carbocycles. The third-order valence-electron chi connectivity index (χ3n) is 3.35. The Bertz CT molecular complexity index is 318. The summed E-state index contributed by atoms with van der Waals surface area (Å²) in [4.78, 5) is 2.24. The molecule has 0 amide bonds. The fraction of sp³-hybridized carbons (Fsp3) is 0.667. The van der Waals surface area contributed by atoms with Crippen molar-refractivity contribution in [2.75, 3.05) is 11.9 Å². The topological polar surface area (TPSA) is 29.0 Å². The van der Waals surface area contributed by atoms with Crippen molar-refractivity contribution in [2.24, 2.45) is 0 Å². The van der Waals surface area contributed by atoms with Crippen LogP contribution in [0, 0.1) is 0 Å². The summed E-state index contributed by atoms with van der Waals surface area (Å²) in [5.41, 5.74) is 0. The van der Waals surface area contributed by atoms with Crippen LogP contribution in [0.15, 0.2) is 12.1 Å². The number of nitrogens with zero attached hydrogens (tertiary/aromatic N) is 3. The van der Waals surface area contributed by atoms with Gasteiger partial charge in [0.25, 0.3) is 0 Å². The minimum Gasteiger partial charge on any atom is -0.355 e. The highest BCUT2D eigenvalue weighted by molar-refractivity contribution is 6.29. The van der Waals surface area contributed by atoms with Gasteiger partial charge in [0.2, 0.25) is 0 Å². The average molecular weight is 240 g/mol. The largest absolute Gasteiger partial charge is 0.355 e. The predicted octanol–water partition coefficient (Wildman–Crippen LogP) is 3.29. The van der Waals surface area contributed by atoms with Gasteiger partial charge in [-0.2, -0.15) is 0 Å². The van der Waals surface area contributed by atoms with Crippen LogP contribution in [0.25, 0.3) is 0 Å². The standard InChI is InChI=1S/C12H18ClN3/c1-16(10-6-4-2-3-5-7-10)12-9-8-11(13)14-15-12/h8-10H,2-7H2,1H3. The SMILES string of the molecule is CN(c1ccc(Cl)nn1)C1CCCCCC1. The number of hydrogen-bond donors (Lipinski definition) is 0. The van der Waals surface area contributed by atoms with Crippen LogP contribution in [0.1, 0.15) is 38.5 Å². The van der Waals surface area contributed by atoms with Crippen molar-refractivity contribution < 1.29 is 0 Å². The molecule has 1 heterocycles. The van der Waals surface area contributed by atoms with E-state index in [9.17, 15) is 0 Å². The molecule has 0 saturated heterocycles. The molecular weight excluding hydrogens is 222 g/mol. The smallest absolute Gasteiger partial charge is 0.151 e. The van der Waals surface area contributed by atoms with Gasteiger partial charge < -0.3 is 4.90 Å². The van der Waals surface area contributed by atoms with E-state index < -0.39 is 0 Å². The molecule has 1 fully saturated rings. The van der Waals surface area contributed by atoms with Crippen LogP contribution < -0.4 is 4.90 Å². The van der Waals surface area contributed by atoms with E-state index in [4.69, 9.17) is 11.6 Å². The van der Waals surface area contributed by atoms with Crippen LogP contribution >= 0.6 is 11.6 Å². The van der Waals surface area contributed by atoms with Crippen molar-refractivity contribution in [3.8, 4) is 0 Å². The Morgan fingerprint density at radius 3 is 2.38 bits per heavy atom. The number of anilines is 1. The van der Waals surface area contributed by atoms with E-state index in [1.54, 1.807) is 6.07 Å². The minimum atomic E-state index is 0.456. The fourth-order valence-electron chi connectivity index (χ4n) is 2.33. The summed E-state index contributed by atoms with van der Waals surface area (Å²) in [5, 5.41) is 8.48. The summed E-state index contributed by atoms with van der Waals surface area (Å²) in [6.07, 6.45) is 7.93. The van der Waals surface area contributed by atoms with Crippen LogP contribution in [-0.4, -0.2) is 23.3 Å². The van der Waals surface area contributed by atoms with Crippen molar-refractivity contribution in [3.63, 3.8) is 0 Å². The molecule has 0 spiro atoms. The second-order valence-corrected chi connectivity index (χ2v) is 4.86. The molecule has 1 aliphatic rings. The van der Waals surface area contributed by atoms with Crippen molar-refractivity contribution in [1.82, 2.24) is 10.2 Å². The molecule has 0 N–H and O–H groups in total. The summed E-state index contributed by atoms with van der Waals surface area (Å²) in [7, 11) is 2.11. The van der Waals surface area contributed by atoms with Gasteiger partial charge in [-0.25, -0.2) is 0 Å². The zero-order chi connectivity index (χ0) is 11.4. The Hall–Kier alpha value is -0.830. The lowest BCUT2D eigenvalue weighted by Crippen LogP contribution is -2.31. The van der Waals surface area contributed by atoms with Gasteiger partial charge in [-0.15, -0.1) is 10.2 Å². The third-order valence-corrected chi connectivity index (χ3v) is 3.55. The van der Waals surface area contributed by atoms with Gasteiger partial charge in [0.1, 0.15) is 0 Å². The fourth-order valence-corrected chi connectivity index (χ4v) is 2.43. The molecule has 1 aliphatic carbocycles. The Kier molecular flexibility index (Phi) is 3.99. The van der Waals surface area contributed by atoms with E-state index >= 15 is 0 Å². The Morgan fingerprint density at radius 2 is 1.81 bits per heavy atom. The second kappa shape index (κ2) is 5.48. The van der Waals surface area contributed by atoms with Gasteiger partial charge in [-0.1, -0.05) is 37.3 Å². The Labute approximate surface area is 102 Å². The first kappa shape index (κ1) is 11.6. The van der Waals surface area contributed by atoms with Gasteiger partial charge in [-0.3, -0.25) is 0 Å². The van der Waals surface area contributed by atoms with E-state index in [1.807, 2.05) is 6.07 Å². The van der Waals surface area contributed by atoms with E-state index in [0.29, 0.717) is 11.2 Å². The molecule has 1 aromatic rings. The van der Waals surface area contributed by atoms with Crippen molar-refractivity contribution >= 4 is 17.4 Å². The lowest BCUT2D eigenvalue weighted by atomic mass is 10.1. The lowest BCUT2D eigenvalue weighted by molar-refractivity contribution is 0.547. The molecular formula is C12H18ClN3. The van der Waals surface area contributed by atoms with Crippen LogP contribution in [0.4, 0.5) is 5.82 Å². The van der Waals surface area contributed by atoms with E-state index in [2.05, 4.69) is 22.1 Å². The summed E-state index contributed by atoms with van der Waals surface area (Å²) >= 11 is 5.74. The van der Waals surface area contributed by atoms with Crippen LogP contribution in [0.3, 0.4) is 0 Å². The maximum atomic E-state index is 5.74. The molecule has 1 aromatic heterocycles. The maximum absolute atomic E-state index is 5.74. The van der Waals surface area contributed by atoms with Crippen LogP contribution in [0.2, 0.25) is 5.15 Å². The highest BCUT2D eigenvalue weighted by atomic mass is 35.5. The molecule has 16 heavy (non-hydrogen) atoms. The quantitative estimate of drug-likeness (QED) is 0.742. The van der Waals surface area contributed by atoms with Gasteiger partial charge in [-0.05, 0) is 25.0 Å². The number of hydrogen-bond acceptors (Lipinski definition) is 3. The van der Waals surface area contributed by atoms with Gasteiger partial charge in [0, 0.05) is 13.1 Å². The van der Waals surface area contributed by atoms with Crippen LogP contribution in [-0.2, 0) is 0 Å². The van der Waals surface area contributed by atoms with Gasteiger partial charge in [0.05, 0.1) is 0 Å². The normalized spacial score (nSPS) is 18.1. The Balaban J connectivity index is 2.04. The molecule has 0 aliphatic heterocycles. The molecule has 4 heteroatoms. The summed E-state index contributed by atoms with van der Waals surface area (Å²) in [6, 6.07) is 4.36. The van der Waals surface area contributed by atoms with Crippen LogP contribution in [0.5, 0.6) is 0 Å². The van der Waals surface area contributed by atoms with Gasteiger partial charge in [0.15, 0.2) is 11.0 Å². The highest BCUT2D eigenvalue weighted by Crippen LogP contribution is 2.24. The molecule has 0 aromatic carbocycles. The van der Waals surface area contributed by atoms with Crippen molar-refractivity contribution in [3.05, 3.63) is 17.3 Å². The first-order valence-electron chi connectivity index (χ1n) is 5.99. The molecule has 0 atom stereocenters. The monoisotopic (exact) mass is 239 g/mol. The summed E-state index contributed by atoms with van der Waals surface area (Å²) in [5.74, 6) is 0.927. The molecule has 0 unspecified atom stereocenters. The lowest BCUT2D eigenvalue weighted by Gasteiger charge is -2.27. The average Bonchev–Trinajstić information content (AvgIpc) is 2.57. The third kappa shape index (κ3) is 2.85. The Morgan fingerprint density at radius 1 is 1.12 bits per heavy atom. The molecule has 3 nitrogen and oxygen atoms in total. The van der Waals surface area contributed by atoms with E-state index in [0.717, 1.165) is 5.82 Å². The van der Waals surface area contributed by atoms with Crippen molar-refractivity contribution in [2.45, 2.75) is 44.6 Å². The molecule has 0 bridgehead atoms. The van der Waals surface area contributed by atoms with E-state index in [1.165, 1.54) is 38.5 Å². The second-order valence-electron chi connectivity index (χ2n) is 4.47. The number of rotatable bonds is 2. The number of halogens is 1. The maximum Gasteiger partial charge on any atom is 0.151 e. The predicted molar refractivity (Wildman–Crippen MR) is 66.9 cm³/mol. The molecule has 2 rings (SSSR count). The zero-order valence-corrected chi connectivity index (χ0v) is 10.5. The first-order chi connectivity index (χ1) is 7.77. The highest BCUT2D eigenvalue weighted by Gasteiger charge is 2.18. The summed E-state index contributed by atoms with van der Waals surface area (Å²) in [6.45, 7) is 0. The van der Waals surface area contributed by atoms with Crippen molar-refractivity contribution in [1.29, 1.82) is 0 Å². The summed E-state index contributed by atoms with van der Waals surface area (Å²) < 4.78 is 0. The molecule has 0 radical (unpaired) electrons. The van der Waals surface area contributed by atoms with Gasteiger partial charge >= 0.3 is 0 Å².